The summed E-state index contributed by atoms with van der Waals surface area (Å²) in [5.74, 6) is -0.636. The summed E-state index contributed by atoms with van der Waals surface area (Å²) in [6, 6.07) is 8.17. The topological polar surface area (TPSA) is 69.3 Å². The summed E-state index contributed by atoms with van der Waals surface area (Å²) in [7, 11) is 0. The van der Waals surface area contributed by atoms with Crippen LogP contribution >= 0.6 is 0 Å². The molecule has 1 aromatic heterocycles. The Morgan fingerprint density at radius 1 is 1.19 bits per heavy atom. The van der Waals surface area contributed by atoms with Gasteiger partial charge in [0.2, 0.25) is 11.8 Å². The number of hydrogen-bond donors (Lipinski definition) is 1. The lowest BCUT2D eigenvalue weighted by Crippen LogP contribution is -2.42. The highest BCUT2D eigenvalue weighted by Gasteiger charge is 2.38. The van der Waals surface area contributed by atoms with E-state index in [1.165, 1.54) is 11.0 Å². The molecule has 7 heteroatoms. The zero-order valence-corrected chi connectivity index (χ0v) is 14.4. The molecule has 2 fully saturated rings. The van der Waals surface area contributed by atoms with Crippen molar-refractivity contribution in [2.75, 3.05) is 24.5 Å². The highest BCUT2D eigenvalue weighted by molar-refractivity contribution is 6.00. The molecule has 6 nitrogen and oxygen atoms in total. The Labute approximate surface area is 151 Å². The number of anilines is 1. The normalized spacial score (nSPS) is 21.4. The Bertz CT molecular complexity index is 800. The number of benzene rings is 1. The summed E-state index contributed by atoms with van der Waals surface area (Å²) in [5, 5.41) is 6.99. The van der Waals surface area contributed by atoms with Crippen molar-refractivity contribution < 1.29 is 14.0 Å². The number of hydrogen-bond acceptors (Lipinski definition) is 3. The summed E-state index contributed by atoms with van der Waals surface area (Å²) >= 11 is 0. The summed E-state index contributed by atoms with van der Waals surface area (Å²) in [5.41, 5.74) is 1.37. The van der Waals surface area contributed by atoms with Crippen LogP contribution in [0.1, 0.15) is 30.9 Å². The molecule has 0 radical (unpaired) electrons. The quantitative estimate of drug-likeness (QED) is 0.918. The third-order valence-corrected chi connectivity index (χ3v) is 5.39. The summed E-state index contributed by atoms with van der Waals surface area (Å²) < 4.78 is 14.0. The lowest BCUT2D eigenvalue weighted by molar-refractivity contribution is -0.136. The smallest absolute Gasteiger partial charge is 0.228 e. The Hall–Kier alpha value is -2.70. The molecule has 1 N–H and O–H groups in total. The number of carbonyl (C=O) groups excluding carboxylic acids is 2. The SMILES string of the molecule is O=C(C1CC(=O)N(c2ccccc2F)C1)N1CCC(c2ccn[nH]2)CC1. The van der Waals surface area contributed by atoms with Crippen LogP contribution in [0, 0.1) is 11.7 Å². The van der Waals surface area contributed by atoms with Crippen molar-refractivity contribution in [2.24, 2.45) is 5.92 Å². The highest BCUT2D eigenvalue weighted by atomic mass is 19.1. The molecule has 2 amide bonds. The zero-order chi connectivity index (χ0) is 18.1. The molecule has 1 atom stereocenters. The van der Waals surface area contributed by atoms with Gasteiger partial charge in [0.05, 0.1) is 11.6 Å². The van der Waals surface area contributed by atoms with E-state index in [-0.39, 0.29) is 30.5 Å². The maximum atomic E-state index is 14.0. The van der Waals surface area contributed by atoms with E-state index in [9.17, 15) is 14.0 Å². The molecule has 4 rings (SSSR count). The summed E-state index contributed by atoms with van der Waals surface area (Å²) in [6.45, 7) is 1.60. The van der Waals surface area contributed by atoms with Gasteiger partial charge in [-0.2, -0.15) is 5.10 Å². The number of nitrogens with zero attached hydrogens (tertiary/aromatic N) is 3. The molecule has 1 aromatic carbocycles. The standard InChI is InChI=1S/C19H21FN4O2/c20-15-3-1-2-4-17(15)24-12-14(11-18(24)25)19(26)23-9-6-13(7-10-23)16-5-8-21-22-16/h1-5,8,13-14H,6-7,9-12H2,(H,21,22). The van der Waals surface area contributed by atoms with Crippen LogP contribution in [-0.2, 0) is 9.59 Å². The molecular formula is C19H21FN4O2. The molecule has 2 aromatic rings. The van der Waals surface area contributed by atoms with Crippen molar-refractivity contribution in [1.29, 1.82) is 0 Å². The average Bonchev–Trinajstić information content (AvgIpc) is 3.32. The fraction of sp³-hybridized carbons (Fsp3) is 0.421. The van der Waals surface area contributed by atoms with Gasteiger partial charge in [-0.15, -0.1) is 0 Å². The second kappa shape index (κ2) is 6.90. The van der Waals surface area contributed by atoms with Gasteiger partial charge in [-0.25, -0.2) is 4.39 Å². The molecule has 136 valence electrons. The first-order valence-electron chi connectivity index (χ1n) is 8.96. The van der Waals surface area contributed by atoms with Crippen molar-refractivity contribution in [3.8, 4) is 0 Å². The number of rotatable bonds is 3. The number of aromatic amines is 1. The van der Waals surface area contributed by atoms with Crippen molar-refractivity contribution >= 4 is 17.5 Å². The number of likely N-dealkylation sites (tertiary alicyclic amines) is 1. The van der Waals surface area contributed by atoms with Crippen LogP contribution in [0.5, 0.6) is 0 Å². The van der Waals surface area contributed by atoms with E-state index in [4.69, 9.17) is 0 Å². The van der Waals surface area contributed by atoms with Gasteiger partial charge < -0.3 is 9.80 Å². The van der Waals surface area contributed by atoms with Crippen LogP contribution in [0.15, 0.2) is 36.5 Å². The molecular weight excluding hydrogens is 335 g/mol. The number of piperidine rings is 1. The van der Waals surface area contributed by atoms with E-state index in [0.717, 1.165) is 18.5 Å². The summed E-state index contributed by atoms with van der Waals surface area (Å²) in [4.78, 5) is 28.4. The minimum absolute atomic E-state index is 0.000231. The first-order chi connectivity index (χ1) is 12.6. The molecule has 2 saturated heterocycles. The first-order valence-corrected chi connectivity index (χ1v) is 8.96. The molecule has 1 unspecified atom stereocenters. The second-order valence-corrected chi connectivity index (χ2v) is 6.97. The van der Waals surface area contributed by atoms with E-state index >= 15 is 0 Å². The van der Waals surface area contributed by atoms with Crippen molar-refractivity contribution in [3.63, 3.8) is 0 Å². The lowest BCUT2D eigenvalue weighted by atomic mass is 9.93. The molecule has 26 heavy (non-hydrogen) atoms. The fourth-order valence-corrected chi connectivity index (χ4v) is 3.94. The number of para-hydroxylation sites is 1. The molecule has 2 aliphatic heterocycles. The first kappa shape index (κ1) is 16.8. The third kappa shape index (κ3) is 3.09. The molecule has 2 aliphatic rings. The number of aromatic nitrogens is 2. The molecule has 0 saturated carbocycles. The van der Waals surface area contributed by atoms with Crippen LogP contribution in [0.25, 0.3) is 0 Å². The number of halogens is 1. The largest absolute Gasteiger partial charge is 0.342 e. The van der Waals surface area contributed by atoms with E-state index in [2.05, 4.69) is 10.2 Å². The van der Waals surface area contributed by atoms with Crippen molar-refractivity contribution in [1.82, 2.24) is 15.1 Å². The van der Waals surface area contributed by atoms with E-state index in [1.807, 2.05) is 11.0 Å². The number of amides is 2. The van der Waals surface area contributed by atoms with E-state index < -0.39 is 11.7 Å². The second-order valence-electron chi connectivity index (χ2n) is 6.97. The minimum Gasteiger partial charge on any atom is -0.342 e. The summed E-state index contributed by atoms with van der Waals surface area (Å²) in [6.07, 6.45) is 3.65. The van der Waals surface area contributed by atoms with Crippen molar-refractivity contribution in [3.05, 3.63) is 48.0 Å². The molecule has 3 heterocycles. The lowest BCUT2D eigenvalue weighted by Gasteiger charge is -2.33. The maximum absolute atomic E-state index is 14.0. The van der Waals surface area contributed by atoms with Gasteiger partial charge >= 0.3 is 0 Å². The van der Waals surface area contributed by atoms with Crippen LogP contribution in [-0.4, -0.2) is 46.5 Å². The van der Waals surface area contributed by atoms with Crippen LogP contribution < -0.4 is 4.90 Å². The Balaban J connectivity index is 1.39. The van der Waals surface area contributed by atoms with Gasteiger partial charge in [0.15, 0.2) is 0 Å². The van der Waals surface area contributed by atoms with E-state index in [0.29, 0.717) is 19.0 Å². The monoisotopic (exact) mass is 356 g/mol. The van der Waals surface area contributed by atoms with Gasteiger partial charge in [-0.05, 0) is 31.0 Å². The highest BCUT2D eigenvalue weighted by Crippen LogP contribution is 2.31. The third-order valence-electron chi connectivity index (χ3n) is 5.39. The molecule has 0 bridgehead atoms. The van der Waals surface area contributed by atoms with Crippen LogP contribution in [0.2, 0.25) is 0 Å². The van der Waals surface area contributed by atoms with Crippen molar-refractivity contribution in [2.45, 2.75) is 25.2 Å². The number of nitrogens with one attached hydrogen (secondary N) is 1. The molecule has 0 aliphatic carbocycles. The van der Waals surface area contributed by atoms with Gasteiger partial charge in [0, 0.05) is 43.9 Å². The Morgan fingerprint density at radius 2 is 1.96 bits per heavy atom. The Morgan fingerprint density at radius 3 is 2.65 bits per heavy atom. The van der Waals surface area contributed by atoms with Gasteiger partial charge in [0.25, 0.3) is 0 Å². The predicted molar refractivity (Wildman–Crippen MR) is 94.0 cm³/mol. The average molecular weight is 356 g/mol. The molecule has 0 spiro atoms. The van der Waals surface area contributed by atoms with Gasteiger partial charge in [-0.1, -0.05) is 12.1 Å². The minimum atomic E-state index is -0.436. The van der Waals surface area contributed by atoms with Gasteiger partial charge in [0.1, 0.15) is 5.82 Å². The number of carbonyl (C=O) groups is 2. The van der Waals surface area contributed by atoms with Crippen LogP contribution in [0.3, 0.4) is 0 Å². The van der Waals surface area contributed by atoms with Crippen LogP contribution in [0.4, 0.5) is 10.1 Å². The predicted octanol–water partition coefficient (Wildman–Crippen LogP) is 2.31. The van der Waals surface area contributed by atoms with Gasteiger partial charge in [-0.3, -0.25) is 14.7 Å². The maximum Gasteiger partial charge on any atom is 0.228 e. The number of H-pyrrole nitrogens is 1. The fourth-order valence-electron chi connectivity index (χ4n) is 3.94. The Kier molecular flexibility index (Phi) is 4.44. The van der Waals surface area contributed by atoms with E-state index in [1.54, 1.807) is 24.4 Å². The zero-order valence-electron chi connectivity index (χ0n) is 14.4.